The topological polar surface area (TPSA) is 104 Å². The Bertz CT molecular complexity index is 1540. The zero-order valence-electron chi connectivity index (χ0n) is 19.5. The van der Waals surface area contributed by atoms with Crippen LogP contribution in [0.5, 0.6) is 5.75 Å². The minimum atomic E-state index is -4.06. The highest BCUT2D eigenvalue weighted by molar-refractivity contribution is 7.89. The molecule has 2 amide bonds. The highest BCUT2D eigenvalue weighted by atomic mass is 32.2. The molecule has 0 radical (unpaired) electrons. The van der Waals surface area contributed by atoms with E-state index in [9.17, 15) is 18.0 Å². The summed E-state index contributed by atoms with van der Waals surface area (Å²) in [5.74, 6) is 0.201. The summed E-state index contributed by atoms with van der Waals surface area (Å²) in [6.07, 6.45) is -1.39. The van der Waals surface area contributed by atoms with E-state index in [4.69, 9.17) is 9.84 Å². The Balaban J connectivity index is 1.50. The first-order valence-corrected chi connectivity index (χ1v) is 12.9. The zero-order valence-corrected chi connectivity index (χ0v) is 20.3. The first-order valence-electron chi connectivity index (χ1n) is 11.4. The van der Waals surface area contributed by atoms with Crippen LogP contribution in [-0.4, -0.2) is 36.6 Å². The van der Waals surface area contributed by atoms with Crippen molar-refractivity contribution in [3.63, 3.8) is 0 Å². The number of hydrogen-bond donors (Lipinski definition) is 1. The molecule has 1 heterocycles. The number of carbonyl (C=O) groups excluding carboxylic acids is 1. The average molecular weight is 515 g/mol. The van der Waals surface area contributed by atoms with Crippen molar-refractivity contribution in [1.82, 2.24) is 4.31 Å². The average Bonchev–Trinajstić information content (AvgIpc) is 3.27. The summed E-state index contributed by atoms with van der Waals surface area (Å²) in [6, 6.07) is 29.7. The van der Waals surface area contributed by atoms with Gasteiger partial charge in [-0.1, -0.05) is 72.8 Å². The molecule has 1 unspecified atom stereocenters. The van der Waals surface area contributed by atoms with Gasteiger partial charge in [-0.15, -0.1) is 0 Å². The molecule has 1 saturated heterocycles. The number of nitrogens with zero attached hydrogens (tertiary/aromatic N) is 2. The van der Waals surface area contributed by atoms with Gasteiger partial charge in [0.05, 0.1) is 17.5 Å². The molecule has 0 spiro atoms. The summed E-state index contributed by atoms with van der Waals surface area (Å²) in [4.78, 5) is 26.0. The van der Waals surface area contributed by atoms with E-state index in [1.807, 2.05) is 36.4 Å². The quantitative estimate of drug-likeness (QED) is 0.258. The third-order valence-electron chi connectivity index (χ3n) is 6.10. The second-order valence-corrected chi connectivity index (χ2v) is 10.2. The van der Waals surface area contributed by atoms with Crippen molar-refractivity contribution >= 4 is 27.9 Å². The van der Waals surface area contributed by atoms with Crippen LogP contribution in [0.4, 0.5) is 15.3 Å². The molecule has 1 aliphatic rings. The fraction of sp³-hybridized carbons (Fsp3) is 0.0714. The van der Waals surface area contributed by atoms with E-state index >= 15 is 0 Å². The molecule has 4 aromatic rings. The number of rotatable bonds is 6. The number of carboxylic acid groups (broad SMARTS) is 1. The summed E-state index contributed by atoms with van der Waals surface area (Å²) in [5.41, 5.74) is 2.90. The van der Waals surface area contributed by atoms with Gasteiger partial charge in [0.1, 0.15) is 5.75 Å². The van der Waals surface area contributed by atoms with Crippen molar-refractivity contribution < 1.29 is 27.9 Å². The lowest BCUT2D eigenvalue weighted by Crippen LogP contribution is -2.36. The van der Waals surface area contributed by atoms with Gasteiger partial charge in [0.15, 0.2) is 0 Å². The summed E-state index contributed by atoms with van der Waals surface area (Å²) >= 11 is 0. The fourth-order valence-corrected chi connectivity index (χ4v) is 5.75. The van der Waals surface area contributed by atoms with Gasteiger partial charge in [-0.25, -0.2) is 22.3 Å². The van der Waals surface area contributed by atoms with E-state index in [0.717, 1.165) is 21.0 Å². The van der Waals surface area contributed by atoms with Gasteiger partial charge in [0, 0.05) is 5.69 Å². The molecule has 37 heavy (non-hydrogen) atoms. The number of hydrogen-bond acceptors (Lipinski definition) is 5. The van der Waals surface area contributed by atoms with Crippen molar-refractivity contribution in [3.05, 3.63) is 115 Å². The summed E-state index contributed by atoms with van der Waals surface area (Å²) < 4.78 is 32.4. The minimum absolute atomic E-state index is 0.0494. The molecule has 1 aliphatic heterocycles. The van der Waals surface area contributed by atoms with Gasteiger partial charge in [0.2, 0.25) is 0 Å². The third kappa shape index (κ3) is 4.76. The lowest BCUT2D eigenvalue weighted by molar-refractivity contribution is 0.144. The Morgan fingerprint density at radius 1 is 0.811 bits per heavy atom. The number of anilines is 1. The number of para-hydroxylation sites is 1. The van der Waals surface area contributed by atoms with Crippen LogP contribution in [-0.2, 0) is 10.0 Å². The van der Waals surface area contributed by atoms with E-state index < -0.39 is 28.3 Å². The number of carbonyl (C=O) groups is 2. The SMILES string of the molecule is O=C(O)Oc1cccc(-c2ccc(C3CN(S(=O)(=O)c4ccccc4)C(=O)N3c3ccccc3)cc2)c1. The van der Waals surface area contributed by atoms with Crippen LogP contribution in [0.3, 0.4) is 0 Å². The Morgan fingerprint density at radius 2 is 1.46 bits per heavy atom. The van der Waals surface area contributed by atoms with Gasteiger partial charge >= 0.3 is 12.2 Å². The second-order valence-electron chi connectivity index (χ2n) is 8.37. The van der Waals surface area contributed by atoms with Gasteiger partial charge in [-0.2, -0.15) is 0 Å². The lowest BCUT2D eigenvalue weighted by atomic mass is 10.00. The van der Waals surface area contributed by atoms with Crippen LogP contribution in [0.1, 0.15) is 11.6 Å². The Kier molecular flexibility index (Phi) is 6.37. The predicted molar refractivity (Wildman–Crippen MR) is 138 cm³/mol. The molecule has 0 saturated carbocycles. The monoisotopic (exact) mass is 514 g/mol. The van der Waals surface area contributed by atoms with Crippen molar-refractivity contribution in [2.24, 2.45) is 0 Å². The molecule has 1 atom stereocenters. The number of ether oxygens (including phenoxy) is 1. The fourth-order valence-electron chi connectivity index (χ4n) is 4.36. The van der Waals surface area contributed by atoms with Crippen molar-refractivity contribution in [2.75, 3.05) is 11.4 Å². The van der Waals surface area contributed by atoms with Gasteiger partial charge in [-0.3, -0.25) is 4.90 Å². The Hall–Kier alpha value is -4.63. The zero-order chi connectivity index (χ0) is 26.0. The molecule has 9 heteroatoms. The second kappa shape index (κ2) is 9.79. The maximum atomic E-state index is 13.5. The first kappa shape index (κ1) is 24.1. The molecule has 0 aliphatic carbocycles. The summed E-state index contributed by atoms with van der Waals surface area (Å²) in [5, 5.41) is 8.88. The standard InChI is InChI=1S/C28H22N2O6S/c31-27-29(37(34,35)25-12-5-2-6-13-25)19-26(30(27)23-9-3-1-4-10-23)21-16-14-20(15-17-21)22-8-7-11-24(18-22)36-28(32)33/h1-18,26H,19H2,(H,32,33). The van der Waals surface area contributed by atoms with Crippen molar-refractivity contribution in [2.45, 2.75) is 10.9 Å². The number of sulfonamides is 1. The minimum Gasteiger partial charge on any atom is -0.449 e. The summed E-state index contributed by atoms with van der Waals surface area (Å²) in [7, 11) is -4.06. The van der Waals surface area contributed by atoms with E-state index in [1.54, 1.807) is 60.7 Å². The van der Waals surface area contributed by atoms with Crippen LogP contribution >= 0.6 is 0 Å². The number of urea groups is 1. The van der Waals surface area contributed by atoms with E-state index in [2.05, 4.69) is 0 Å². The van der Waals surface area contributed by atoms with Crippen molar-refractivity contribution in [1.29, 1.82) is 0 Å². The molecule has 1 fully saturated rings. The molecular weight excluding hydrogens is 492 g/mol. The van der Waals surface area contributed by atoms with Crippen molar-refractivity contribution in [3.8, 4) is 16.9 Å². The van der Waals surface area contributed by atoms with Gasteiger partial charge < -0.3 is 9.84 Å². The van der Waals surface area contributed by atoms with Crippen LogP contribution < -0.4 is 9.64 Å². The maximum absolute atomic E-state index is 13.5. The summed E-state index contributed by atoms with van der Waals surface area (Å²) in [6.45, 7) is -0.0494. The van der Waals surface area contributed by atoms with E-state index in [1.165, 1.54) is 17.0 Å². The van der Waals surface area contributed by atoms with Gasteiger partial charge in [0.25, 0.3) is 10.0 Å². The highest BCUT2D eigenvalue weighted by Crippen LogP contribution is 2.38. The Labute approximate surface area is 214 Å². The van der Waals surface area contributed by atoms with Crippen LogP contribution in [0, 0.1) is 0 Å². The van der Waals surface area contributed by atoms with Crippen LogP contribution in [0.2, 0.25) is 0 Å². The van der Waals surface area contributed by atoms with E-state index in [-0.39, 0.29) is 17.2 Å². The molecule has 5 rings (SSSR count). The first-order chi connectivity index (χ1) is 17.8. The lowest BCUT2D eigenvalue weighted by Gasteiger charge is -2.23. The van der Waals surface area contributed by atoms with Gasteiger partial charge in [-0.05, 0) is 53.1 Å². The van der Waals surface area contributed by atoms with E-state index in [0.29, 0.717) is 5.69 Å². The number of amides is 2. The predicted octanol–water partition coefficient (Wildman–Crippen LogP) is 5.78. The number of benzene rings is 4. The molecule has 1 N–H and O–H groups in total. The molecular formula is C28H22N2O6S. The normalized spacial score (nSPS) is 15.6. The largest absolute Gasteiger partial charge is 0.511 e. The molecule has 0 bridgehead atoms. The maximum Gasteiger partial charge on any atom is 0.511 e. The molecule has 4 aromatic carbocycles. The molecule has 186 valence electrons. The molecule has 8 nitrogen and oxygen atoms in total. The van der Waals surface area contributed by atoms with Crippen LogP contribution in [0.15, 0.2) is 114 Å². The molecule has 0 aromatic heterocycles. The smallest absolute Gasteiger partial charge is 0.449 e. The Morgan fingerprint density at radius 3 is 2.11 bits per heavy atom. The van der Waals surface area contributed by atoms with Crippen LogP contribution in [0.25, 0.3) is 11.1 Å². The third-order valence-corrected chi connectivity index (χ3v) is 7.86. The highest BCUT2D eigenvalue weighted by Gasteiger charge is 2.45.